The number of phenols is 2. The maximum atomic E-state index is 9.75. The number of thiazole rings is 1. The smallest absolute Gasteiger partial charge is 0.225 e. The second-order valence-electron chi connectivity index (χ2n) is 8.76. The van der Waals surface area contributed by atoms with Gasteiger partial charge in [-0.05, 0) is 61.9 Å². The van der Waals surface area contributed by atoms with Gasteiger partial charge in [0.25, 0.3) is 0 Å². The first-order valence-electron chi connectivity index (χ1n) is 11.4. The van der Waals surface area contributed by atoms with Crippen LogP contribution in [0.15, 0.2) is 42.5 Å². The molecule has 0 amide bonds. The van der Waals surface area contributed by atoms with E-state index in [9.17, 15) is 15.3 Å². The van der Waals surface area contributed by atoms with Gasteiger partial charge in [0.1, 0.15) is 22.3 Å². The number of aliphatic hydroxyl groups excluding tert-OH is 1. The number of anilines is 2. The number of aromatic nitrogens is 3. The highest BCUT2D eigenvalue weighted by atomic mass is 32.1. The molecule has 176 valence electrons. The molecule has 0 aliphatic heterocycles. The Balaban J connectivity index is 1.48. The fourth-order valence-electron chi connectivity index (χ4n) is 4.50. The summed E-state index contributed by atoms with van der Waals surface area (Å²) in [6, 6.07) is 12.7. The van der Waals surface area contributed by atoms with Crippen LogP contribution in [0, 0.1) is 12.8 Å². The molecule has 1 aliphatic rings. The summed E-state index contributed by atoms with van der Waals surface area (Å²) in [4.78, 5) is 14.3. The molecule has 5 rings (SSSR count). The summed E-state index contributed by atoms with van der Waals surface area (Å²) in [6.45, 7) is 2.50. The van der Waals surface area contributed by atoms with Crippen molar-refractivity contribution < 1.29 is 15.3 Å². The molecule has 4 aromatic rings. The predicted octanol–water partition coefficient (Wildman–Crippen LogP) is 4.66. The monoisotopic (exact) mass is 477 g/mol. The molecule has 0 radical (unpaired) electrons. The van der Waals surface area contributed by atoms with Crippen LogP contribution < -0.4 is 10.6 Å². The van der Waals surface area contributed by atoms with Crippen molar-refractivity contribution in [3.63, 3.8) is 0 Å². The summed E-state index contributed by atoms with van der Waals surface area (Å²) in [5.41, 5.74) is 3.34. The zero-order chi connectivity index (χ0) is 23.7. The van der Waals surface area contributed by atoms with E-state index in [4.69, 9.17) is 9.97 Å². The Morgan fingerprint density at radius 1 is 1.03 bits per heavy atom. The van der Waals surface area contributed by atoms with E-state index in [0.29, 0.717) is 24.0 Å². The Labute approximate surface area is 201 Å². The number of nitrogens with one attached hydrogen (secondary N) is 2. The summed E-state index contributed by atoms with van der Waals surface area (Å²) in [6.07, 6.45) is 2.85. The Kier molecular flexibility index (Phi) is 6.21. The number of benzene rings is 2. The van der Waals surface area contributed by atoms with Gasteiger partial charge < -0.3 is 26.0 Å². The lowest BCUT2D eigenvalue weighted by Gasteiger charge is -2.18. The number of aliphatic hydroxyl groups is 1. The summed E-state index contributed by atoms with van der Waals surface area (Å²) < 4.78 is 1.11. The topological polar surface area (TPSA) is 123 Å². The zero-order valence-corrected chi connectivity index (χ0v) is 19.6. The van der Waals surface area contributed by atoms with Crippen LogP contribution in [0.25, 0.3) is 20.8 Å². The lowest BCUT2D eigenvalue weighted by molar-refractivity contribution is 0.229. The Bertz CT molecular complexity index is 1270. The van der Waals surface area contributed by atoms with Crippen LogP contribution in [-0.4, -0.2) is 42.9 Å². The number of nitrogens with zero attached hydrogens (tertiary/aromatic N) is 3. The minimum atomic E-state index is 0.00195. The molecule has 1 fully saturated rings. The highest BCUT2D eigenvalue weighted by molar-refractivity contribution is 7.21. The molecule has 0 unspecified atom stereocenters. The Morgan fingerprint density at radius 2 is 1.82 bits per heavy atom. The fraction of sp³-hybridized carbons (Fsp3) is 0.320. The molecule has 9 heteroatoms. The minimum absolute atomic E-state index is 0.00195. The van der Waals surface area contributed by atoms with Gasteiger partial charge in [-0.2, -0.15) is 4.98 Å². The van der Waals surface area contributed by atoms with Crippen LogP contribution in [0.4, 0.5) is 11.8 Å². The third-order valence-corrected chi connectivity index (χ3v) is 7.20. The van der Waals surface area contributed by atoms with E-state index in [2.05, 4.69) is 21.7 Å². The SMILES string of the molecule is Cc1nc(NCc2cc(O)cc(O)c2)nc(N[C@H]2CC[C@@H](CO)C2)c1-c1nc2ccccc2s1. The lowest BCUT2D eigenvalue weighted by Crippen LogP contribution is -2.19. The second-order valence-corrected chi connectivity index (χ2v) is 9.79. The number of phenolic OH excluding ortho intramolecular Hbond substituents is 2. The van der Waals surface area contributed by atoms with E-state index in [1.165, 1.54) is 6.07 Å². The summed E-state index contributed by atoms with van der Waals surface area (Å²) in [5.74, 6) is 1.48. The van der Waals surface area contributed by atoms with Crippen molar-refractivity contribution >= 4 is 33.3 Å². The maximum Gasteiger partial charge on any atom is 0.225 e. The largest absolute Gasteiger partial charge is 0.508 e. The number of aromatic hydroxyl groups is 2. The average molecular weight is 478 g/mol. The van der Waals surface area contributed by atoms with Crippen LogP contribution >= 0.6 is 11.3 Å². The van der Waals surface area contributed by atoms with Gasteiger partial charge >= 0.3 is 0 Å². The second kappa shape index (κ2) is 9.44. The molecule has 8 nitrogen and oxygen atoms in total. The lowest BCUT2D eigenvalue weighted by atomic mass is 10.1. The van der Waals surface area contributed by atoms with Gasteiger partial charge in [-0.3, -0.25) is 0 Å². The number of fused-ring (bicyclic) bond motifs is 1. The fourth-order valence-corrected chi connectivity index (χ4v) is 5.56. The van der Waals surface area contributed by atoms with Gasteiger partial charge in [0.2, 0.25) is 5.95 Å². The van der Waals surface area contributed by atoms with E-state index in [-0.39, 0.29) is 24.1 Å². The highest BCUT2D eigenvalue weighted by Gasteiger charge is 2.26. The van der Waals surface area contributed by atoms with E-state index >= 15 is 0 Å². The van der Waals surface area contributed by atoms with Crippen LogP contribution in [-0.2, 0) is 6.54 Å². The van der Waals surface area contributed by atoms with Crippen molar-refractivity contribution in [2.45, 2.75) is 38.8 Å². The van der Waals surface area contributed by atoms with Crippen molar-refractivity contribution in [2.75, 3.05) is 17.2 Å². The van der Waals surface area contributed by atoms with Gasteiger partial charge in [0, 0.05) is 25.3 Å². The Morgan fingerprint density at radius 3 is 2.56 bits per heavy atom. The van der Waals surface area contributed by atoms with Gasteiger partial charge in [-0.15, -0.1) is 11.3 Å². The zero-order valence-electron chi connectivity index (χ0n) is 18.8. The van der Waals surface area contributed by atoms with E-state index in [0.717, 1.165) is 51.6 Å². The molecule has 1 saturated carbocycles. The Hall–Kier alpha value is -3.43. The molecule has 2 heterocycles. The highest BCUT2D eigenvalue weighted by Crippen LogP contribution is 2.38. The van der Waals surface area contributed by atoms with E-state index in [1.54, 1.807) is 23.5 Å². The molecule has 2 aromatic carbocycles. The maximum absolute atomic E-state index is 9.75. The van der Waals surface area contributed by atoms with Gasteiger partial charge in [0.05, 0.1) is 21.5 Å². The molecular weight excluding hydrogens is 450 g/mol. The van der Waals surface area contributed by atoms with Crippen LogP contribution in [0.1, 0.15) is 30.5 Å². The van der Waals surface area contributed by atoms with E-state index < -0.39 is 0 Å². The number of hydrogen-bond acceptors (Lipinski definition) is 9. The van der Waals surface area contributed by atoms with Crippen molar-refractivity contribution in [2.24, 2.45) is 5.92 Å². The van der Waals surface area contributed by atoms with E-state index in [1.807, 2.05) is 25.1 Å². The van der Waals surface area contributed by atoms with Crippen molar-refractivity contribution in [3.8, 4) is 22.1 Å². The van der Waals surface area contributed by atoms with Gasteiger partial charge in [-0.1, -0.05) is 12.1 Å². The minimum Gasteiger partial charge on any atom is -0.508 e. The first-order chi connectivity index (χ1) is 16.5. The molecule has 0 spiro atoms. The van der Waals surface area contributed by atoms with Crippen molar-refractivity contribution in [1.29, 1.82) is 0 Å². The number of rotatable bonds is 7. The van der Waals surface area contributed by atoms with Gasteiger partial charge in [-0.25, -0.2) is 9.97 Å². The number of aryl methyl sites for hydroxylation is 1. The summed E-state index contributed by atoms with van der Waals surface area (Å²) >= 11 is 1.61. The molecular formula is C25H27N5O3S. The van der Waals surface area contributed by atoms with Crippen LogP contribution in [0.3, 0.4) is 0 Å². The molecule has 1 aliphatic carbocycles. The van der Waals surface area contributed by atoms with Gasteiger partial charge in [0.15, 0.2) is 0 Å². The van der Waals surface area contributed by atoms with Crippen LogP contribution in [0.2, 0.25) is 0 Å². The quantitative estimate of drug-likeness (QED) is 0.260. The molecule has 5 N–H and O–H groups in total. The first kappa shape index (κ1) is 22.4. The molecule has 0 bridgehead atoms. The average Bonchev–Trinajstić information content (AvgIpc) is 3.43. The number of para-hydroxylation sites is 1. The van der Waals surface area contributed by atoms with Crippen molar-refractivity contribution in [1.82, 2.24) is 15.0 Å². The predicted molar refractivity (Wildman–Crippen MR) is 134 cm³/mol. The van der Waals surface area contributed by atoms with Crippen LogP contribution in [0.5, 0.6) is 11.5 Å². The van der Waals surface area contributed by atoms with Crippen molar-refractivity contribution in [3.05, 3.63) is 53.7 Å². The molecule has 2 aromatic heterocycles. The number of hydrogen-bond donors (Lipinski definition) is 5. The molecule has 0 saturated heterocycles. The third-order valence-electron chi connectivity index (χ3n) is 6.15. The normalized spacial score (nSPS) is 17.8. The molecule has 34 heavy (non-hydrogen) atoms. The standard InChI is InChI=1S/C25H27N5O3S/c1-14-22(24-29-20-4-2-3-5-21(20)34-24)23(28-17-7-6-15(8-17)13-31)30-25(27-14)26-12-16-9-18(32)11-19(33)10-16/h2-5,9-11,15,17,31-33H,6-8,12-13H2,1H3,(H2,26,27,28,30)/t15-,17+/m1/s1. The molecule has 2 atom stereocenters. The summed E-state index contributed by atoms with van der Waals surface area (Å²) in [7, 11) is 0. The summed E-state index contributed by atoms with van der Waals surface area (Å²) in [5, 5.41) is 36.7. The third kappa shape index (κ3) is 4.76. The first-order valence-corrected chi connectivity index (χ1v) is 12.2.